The lowest BCUT2D eigenvalue weighted by Gasteiger charge is -2.40. The van der Waals surface area contributed by atoms with Crippen LogP contribution in [0.4, 0.5) is 5.82 Å². The molecule has 4 aromatic rings. The summed E-state index contributed by atoms with van der Waals surface area (Å²) in [6, 6.07) is 16.4. The van der Waals surface area contributed by atoms with Crippen LogP contribution in [0, 0.1) is 0 Å². The number of hydrogen-bond acceptors (Lipinski definition) is 10. The molecule has 0 radical (unpaired) electrons. The number of benzene rings is 2. The summed E-state index contributed by atoms with van der Waals surface area (Å²) in [6.07, 6.45) is 3.03. The summed E-state index contributed by atoms with van der Waals surface area (Å²) in [5.74, 6) is -3.22. The standard InChI is InChI=1S/C26H25N5O6/c1-16(33)25(31-15-30-21-23(27)28-14-29-24(21)31)26(35,22(34)20(13-32)37-25)36-19-11-9-18(10-12-19)8-7-17-5-3-2-4-6-17/h2-12,14-15,20,22,32,34-35H,13H2,1H3,(H2,27,28,29)/t20-,22-,25-,26+/m1/s1. The van der Waals surface area contributed by atoms with Crippen molar-refractivity contribution in [2.75, 3.05) is 12.3 Å². The van der Waals surface area contributed by atoms with Gasteiger partial charge in [0.1, 0.15) is 30.0 Å². The van der Waals surface area contributed by atoms with Crippen LogP contribution < -0.4 is 10.5 Å². The fourth-order valence-corrected chi connectivity index (χ4v) is 4.49. The first-order valence-electron chi connectivity index (χ1n) is 11.5. The molecule has 1 aliphatic rings. The number of ether oxygens (including phenoxy) is 2. The molecule has 2 aromatic heterocycles. The quantitative estimate of drug-likeness (QED) is 0.213. The predicted molar refractivity (Wildman–Crippen MR) is 134 cm³/mol. The number of hydrogen-bond donors (Lipinski definition) is 4. The molecule has 0 amide bonds. The summed E-state index contributed by atoms with van der Waals surface area (Å²) in [4.78, 5) is 25.4. The van der Waals surface area contributed by atoms with Crippen molar-refractivity contribution in [3.8, 4) is 5.75 Å². The minimum absolute atomic E-state index is 0.0447. The Hall–Kier alpha value is -4.16. The molecule has 0 unspecified atom stereocenters. The van der Waals surface area contributed by atoms with E-state index in [2.05, 4.69) is 15.0 Å². The van der Waals surface area contributed by atoms with Crippen molar-refractivity contribution >= 4 is 34.9 Å². The topological polar surface area (TPSA) is 166 Å². The van der Waals surface area contributed by atoms with Gasteiger partial charge in [-0.15, -0.1) is 0 Å². The molecule has 1 saturated heterocycles. The van der Waals surface area contributed by atoms with E-state index in [1.54, 1.807) is 24.3 Å². The number of anilines is 1. The smallest absolute Gasteiger partial charge is 0.293 e. The maximum absolute atomic E-state index is 13.2. The zero-order valence-corrected chi connectivity index (χ0v) is 19.8. The van der Waals surface area contributed by atoms with Gasteiger partial charge in [0, 0.05) is 0 Å². The van der Waals surface area contributed by atoms with E-state index in [9.17, 15) is 20.1 Å². The average molecular weight is 504 g/mol. The van der Waals surface area contributed by atoms with Gasteiger partial charge in [0.05, 0.1) is 6.61 Å². The lowest BCUT2D eigenvalue weighted by Crippen LogP contribution is -2.64. The third kappa shape index (κ3) is 3.94. The van der Waals surface area contributed by atoms with Gasteiger partial charge >= 0.3 is 0 Å². The lowest BCUT2D eigenvalue weighted by molar-refractivity contribution is -0.271. The van der Waals surface area contributed by atoms with Gasteiger partial charge in [0.25, 0.3) is 11.5 Å². The SMILES string of the molecule is CC(=O)[C@@]1(n2cnc3c(N)ncnc32)O[C@H](CO)[C@@H](O)[C@]1(O)Oc1ccc(C=Cc2ccccc2)cc1. The second-order valence-corrected chi connectivity index (χ2v) is 8.64. The van der Waals surface area contributed by atoms with E-state index in [0.717, 1.165) is 22.6 Å². The number of nitrogens with zero attached hydrogens (tertiary/aromatic N) is 4. The largest absolute Gasteiger partial charge is 0.454 e. The van der Waals surface area contributed by atoms with Crippen molar-refractivity contribution in [2.24, 2.45) is 0 Å². The normalized spacial score (nSPS) is 25.6. The molecule has 0 bridgehead atoms. The van der Waals surface area contributed by atoms with E-state index in [-0.39, 0.29) is 22.7 Å². The van der Waals surface area contributed by atoms with Gasteiger partial charge in [0.15, 0.2) is 23.4 Å². The molecule has 5 N–H and O–H groups in total. The van der Waals surface area contributed by atoms with Crippen LogP contribution in [-0.2, 0) is 15.3 Å². The second-order valence-electron chi connectivity index (χ2n) is 8.64. The third-order valence-electron chi connectivity index (χ3n) is 6.34. The number of rotatable bonds is 7. The number of imidazole rings is 1. The molecule has 0 spiro atoms. The van der Waals surface area contributed by atoms with Gasteiger partial charge in [0.2, 0.25) is 0 Å². The summed E-state index contributed by atoms with van der Waals surface area (Å²) in [5, 5.41) is 32.7. The summed E-state index contributed by atoms with van der Waals surface area (Å²) < 4.78 is 12.9. The van der Waals surface area contributed by atoms with Crippen LogP contribution in [0.5, 0.6) is 5.75 Å². The number of carbonyl (C=O) groups is 1. The molecule has 1 aliphatic heterocycles. The monoisotopic (exact) mass is 503 g/mol. The molecule has 3 heterocycles. The highest BCUT2D eigenvalue weighted by atomic mass is 16.7. The molecular weight excluding hydrogens is 478 g/mol. The Labute approximate surface area is 211 Å². The van der Waals surface area contributed by atoms with Crippen LogP contribution in [-0.4, -0.2) is 65.2 Å². The van der Waals surface area contributed by atoms with Crippen LogP contribution in [0.1, 0.15) is 18.1 Å². The Morgan fingerprint density at radius 2 is 1.78 bits per heavy atom. The average Bonchev–Trinajstić information content (AvgIpc) is 3.43. The van der Waals surface area contributed by atoms with Gasteiger partial charge in [-0.25, -0.2) is 15.0 Å². The number of fused-ring (bicyclic) bond motifs is 1. The number of Topliss-reactive ketones (excluding diaryl/α,β-unsaturated/α-hetero) is 1. The molecule has 0 aliphatic carbocycles. The van der Waals surface area contributed by atoms with Crippen molar-refractivity contribution in [1.29, 1.82) is 0 Å². The summed E-state index contributed by atoms with van der Waals surface area (Å²) in [7, 11) is 0. The van der Waals surface area contributed by atoms with E-state index in [1.165, 1.54) is 12.7 Å². The molecular formula is C26H25N5O6. The van der Waals surface area contributed by atoms with Crippen molar-refractivity contribution in [3.05, 3.63) is 78.4 Å². The van der Waals surface area contributed by atoms with Gasteiger partial charge in [-0.3, -0.25) is 9.36 Å². The van der Waals surface area contributed by atoms with E-state index in [4.69, 9.17) is 15.2 Å². The number of nitrogen functional groups attached to an aromatic ring is 1. The van der Waals surface area contributed by atoms with E-state index < -0.39 is 36.1 Å². The first kappa shape index (κ1) is 24.5. The minimum atomic E-state index is -2.68. The van der Waals surface area contributed by atoms with Crippen molar-refractivity contribution in [1.82, 2.24) is 19.5 Å². The number of ketones is 1. The highest BCUT2D eigenvalue weighted by molar-refractivity contribution is 5.88. The summed E-state index contributed by atoms with van der Waals surface area (Å²) in [6.45, 7) is 0.462. The van der Waals surface area contributed by atoms with E-state index >= 15 is 0 Å². The van der Waals surface area contributed by atoms with Crippen molar-refractivity contribution in [2.45, 2.75) is 30.6 Å². The zero-order chi connectivity index (χ0) is 26.2. The number of aliphatic hydroxyl groups is 3. The Balaban J connectivity index is 1.54. The third-order valence-corrected chi connectivity index (χ3v) is 6.34. The lowest BCUT2D eigenvalue weighted by atomic mass is 9.93. The fourth-order valence-electron chi connectivity index (χ4n) is 4.49. The van der Waals surface area contributed by atoms with Gasteiger partial charge in [-0.1, -0.05) is 54.6 Å². The molecule has 37 heavy (non-hydrogen) atoms. The number of nitrogens with two attached hydrogens (primary N) is 1. The molecule has 11 heteroatoms. The van der Waals surface area contributed by atoms with Crippen molar-refractivity contribution < 1.29 is 29.6 Å². The van der Waals surface area contributed by atoms with Crippen LogP contribution in [0.2, 0.25) is 0 Å². The molecule has 11 nitrogen and oxygen atoms in total. The van der Waals surface area contributed by atoms with Crippen LogP contribution >= 0.6 is 0 Å². The number of carbonyl (C=O) groups excluding carboxylic acids is 1. The Morgan fingerprint density at radius 3 is 2.43 bits per heavy atom. The van der Waals surface area contributed by atoms with Gasteiger partial charge in [-0.05, 0) is 30.2 Å². The maximum Gasteiger partial charge on any atom is 0.293 e. The predicted octanol–water partition coefficient (Wildman–Crippen LogP) is 1.34. The highest BCUT2D eigenvalue weighted by Gasteiger charge is 2.72. The fraction of sp³-hybridized carbons (Fsp3) is 0.231. The molecule has 1 fully saturated rings. The first-order chi connectivity index (χ1) is 17.8. The molecule has 190 valence electrons. The molecule has 5 rings (SSSR count). The number of aromatic nitrogens is 4. The van der Waals surface area contributed by atoms with E-state index in [0.29, 0.717) is 0 Å². The molecule has 0 saturated carbocycles. The highest BCUT2D eigenvalue weighted by Crippen LogP contribution is 2.47. The first-order valence-corrected chi connectivity index (χ1v) is 11.5. The van der Waals surface area contributed by atoms with Gasteiger partial charge < -0.3 is 30.5 Å². The van der Waals surface area contributed by atoms with Crippen LogP contribution in [0.3, 0.4) is 0 Å². The maximum atomic E-state index is 13.2. The molecule has 2 aromatic carbocycles. The second kappa shape index (κ2) is 9.37. The van der Waals surface area contributed by atoms with Crippen LogP contribution in [0.25, 0.3) is 23.3 Å². The Morgan fingerprint density at radius 1 is 1.11 bits per heavy atom. The Bertz CT molecular complexity index is 1460. The van der Waals surface area contributed by atoms with Crippen molar-refractivity contribution in [3.63, 3.8) is 0 Å². The summed E-state index contributed by atoms with van der Waals surface area (Å²) in [5.41, 5.74) is 5.64. The minimum Gasteiger partial charge on any atom is -0.454 e. The van der Waals surface area contributed by atoms with Crippen LogP contribution in [0.15, 0.2) is 67.3 Å². The molecule has 4 atom stereocenters. The van der Waals surface area contributed by atoms with Gasteiger partial charge in [-0.2, -0.15) is 0 Å². The summed E-state index contributed by atoms with van der Waals surface area (Å²) >= 11 is 0. The zero-order valence-electron chi connectivity index (χ0n) is 19.8. The number of aliphatic hydroxyl groups excluding tert-OH is 2. The Kier molecular flexibility index (Phi) is 6.21. The van der Waals surface area contributed by atoms with E-state index in [1.807, 2.05) is 42.5 Å².